The fraction of sp³-hybridized carbons (Fsp3) is 0.400. The molecule has 1 saturated carbocycles. The number of hydrogen-bond acceptors (Lipinski definition) is 5. The van der Waals surface area contributed by atoms with Crippen LogP contribution in [0.15, 0.2) is 30.5 Å². The van der Waals surface area contributed by atoms with Gasteiger partial charge in [-0.2, -0.15) is 0 Å². The number of pyridine rings is 1. The lowest BCUT2D eigenvalue weighted by atomic mass is 10.1. The second-order valence-electron chi connectivity index (χ2n) is 5.24. The molecule has 2 aromatic rings. The first-order valence-corrected chi connectivity index (χ1v) is 7.02. The van der Waals surface area contributed by atoms with Crippen LogP contribution in [0.5, 0.6) is 0 Å². The monoisotopic (exact) mass is 287 g/mol. The van der Waals surface area contributed by atoms with Gasteiger partial charge in [-0.1, -0.05) is 12.1 Å². The Hall–Kier alpha value is -2.21. The second kappa shape index (κ2) is 5.65. The quantitative estimate of drug-likeness (QED) is 0.690. The average molecular weight is 287 g/mol. The van der Waals surface area contributed by atoms with Crippen LogP contribution < -0.4 is 5.32 Å². The molecule has 6 heteroatoms. The number of nitrogens with zero attached hydrogens (tertiary/aromatic N) is 2. The van der Waals surface area contributed by atoms with Crippen LogP contribution in [-0.4, -0.2) is 29.2 Å². The lowest BCUT2D eigenvalue weighted by Crippen LogP contribution is -2.29. The molecule has 1 fully saturated rings. The van der Waals surface area contributed by atoms with E-state index in [4.69, 9.17) is 4.74 Å². The number of fused-ring (bicyclic) bond motifs is 1. The van der Waals surface area contributed by atoms with Gasteiger partial charge in [0.15, 0.2) is 0 Å². The molecule has 2 unspecified atom stereocenters. The maximum Gasteiger partial charge on any atom is 0.295 e. The van der Waals surface area contributed by atoms with Crippen LogP contribution in [0.3, 0.4) is 0 Å². The van der Waals surface area contributed by atoms with Crippen molar-refractivity contribution in [3.8, 4) is 0 Å². The van der Waals surface area contributed by atoms with Crippen molar-refractivity contribution < 1.29 is 9.66 Å². The van der Waals surface area contributed by atoms with Crippen LogP contribution in [0.2, 0.25) is 0 Å². The summed E-state index contributed by atoms with van der Waals surface area (Å²) < 4.78 is 5.48. The number of aromatic nitrogens is 1. The van der Waals surface area contributed by atoms with Crippen molar-refractivity contribution in [3.05, 3.63) is 40.6 Å². The van der Waals surface area contributed by atoms with E-state index in [1.54, 1.807) is 19.4 Å². The minimum Gasteiger partial charge on any atom is -0.379 e. The highest BCUT2D eigenvalue weighted by molar-refractivity contribution is 5.96. The third-order valence-electron chi connectivity index (χ3n) is 4.04. The molecule has 1 N–H and O–H groups in total. The highest BCUT2D eigenvalue weighted by atomic mass is 16.6. The van der Waals surface area contributed by atoms with Crippen molar-refractivity contribution in [2.45, 2.75) is 31.4 Å². The number of ether oxygens (including phenoxy) is 1. The third-order valence-corrected chi connectivity index (χ3v) is 4.04. The molecule has 0 amide bonds. The van der Waals surface area contributed by atoms with E-state index in [1.807, 2.05) is 12.1 Å². The number of nitro benzene ring substituents is 1. The zero-order valence-electron chi connectivity index (χ0n) is 11.8. The fourth-order valence-electron chi connectivity index (χ4n) is 3.01. The van der Waals surface area contributed by atoms with Crippen molar-refractivity contribution in [2.75, 3.05) is 12.4 Å². The smallest absolute Gasteiger partial charge is 0.295 e. The molecule has 0 aliphatic heterocycles. The largest absolute Gasteiger partial charge is 0.379 e. The third kappa shape index (κ3) is 2.54. The van der Waals surface area contributed by atoms with E-state index in [9.17, 15) is 10.1 Å². The first kappa shape index (κ1) is 13.8. The normalized spacial score (nSPS) is 21.6. The first-order chi connectivity index (χ1) is 10.2. The van der Waals surface area contributed by atoms with Crippen LogP contribution in [0.25, 0.3) is 10.9 Å². The van der Waals surface area contributed by atoms with Gasteiger partial charge in [-0.05, 0) is 25.3 Å². The maximum atomic E-state index is 11.1. The molecule has 0 spiro atoms. The summed E-state index contributed by atoms with van der Waals surface area (Å²) in [4.78, 5) is 14.9. The van der Waals surface area contributed by atoms with E-state index in [-0.39, 0.29) is 17.8 Å². The first-order valence-electron chi connectivity index (χ1n) is 7.02. The zero-order valence-corrected chi connectivity index (χ0v) is 11.8. The Morgan fingerprint density at radius 2 is 2.24 bits per heavy atom. The van der Waals surface area contributed by atoms with Crippen molar-refractivity contribution in [3.63, 3.8) is 0 Å². The van der Waals surface area contributed by atoms with Gasteiger partial charge in [0.1, 0.15) is 5.52 Å². The molecule has 1 aliphatic rings. The summed E-state index contributed by atoms with van der Waals surface area (Å²) in [5, 5.41) is 15.3. The van der Waals surface area contributed by atoms with Crippen molar-refractivity contribution >= 4 is 22.3 Å². The molecule has 21 heavy (non-hydrogen) atoms. The average Bonchev–Trinajstić information content (AvgIpc) is 2.94. The number of para-hydroxylation sites is 1. The number of nitro groups is 1. The molecule has 1 heterocycles. The Labute approximate surface area is 122 Å². The van der Waals surface area contributed by atoms with Gasteiger partial charge in [0.25, 0.3) is 5.69 Å². The summed E-state index contributed by atoms with van der Waals surface area (Å²) in [6.07, 6.45) is 4.99. The number of hydrogen-bond donors (Lipinski definition) is 1. The number of non-ortho nitro benzene ring substituents is 1. The Balaban J connectivity index is 1.99. The molecule has 6 nitrogen and oxygen atoms in total. The second-order valence-corrected chi connectivity index (χ2v) is 5.24. The van der Waals surface area contributed by atoms with Gasteiger partial charge in [-0.3, -0.25) is 10.1 Å². The van der Waals surface area contributed by atoms with E-state index in [2.05, 4.69) is 10.3 Å². The SMILES string of the molecule is COC1CCCC1Nc1ccnc2c([N+](=O)[O-])cccc12. The summed E-state index contributed by atoms with van der Waals surface area (Å²) in [7, 11) is 1.72. The molecular weight excluding hydrogens is 270 g/mol. The van der Waals surface area contributed by atoms with Gasteiger partial charge in [0.05, 0.1) is 17.1 Å². The minimum atomic E-state index is -0.396. The number of methoxy groups -OCH3 is 1. The standard InChI is InChI=1S/C15H17N3O3/c1-21-14-7-3-5-12(14)17-11-8-9-16-15-10(11)4-2-6-13(15)18(19)20/h2,4,6,8-9,12,14H,3,5,7H2,1H3,(H,16,17). The molecule has 1 aliphatic carbocycles. The Bertz CT molecular complexity index is 674. The topological polar surface area (TPSA) is 77.3 Å². The summed E-state index contributed by atoms with van der Waals surface area (Å²) in [5.74, 6) is 0. The summed E-state index contributed by atoms with van der Waals surface area (Å²) in [5.41, 5.74) is 1.32. The molecule has 0 bridgehead atoms. The van der Waals surface area contributed by atoms with Gasteiger partial charge >= 0.3 is 0 Å². The number of rotatable bonds is 4. The fourth-order valence-corrected chi connectivity index (χ4v) is 3.01. The van der Waals surface area contributed by atoms with Crippen LogP contribution in [0, 0.1) is 10.1 Å². The summed E-state index contributed by atoms with van der Waals surface area (Å²) in [6.45, 7) is 0. The highest BCUT2D eigenvalue weighted by Crippen LogP contribution is 2.31. The predicted molar refractivity (Wildman–Crippen MR) is 80.5 cm³/mol. The summed E-state index contributed by atoms with van der Waals surface area (Å²) in [6, 6.07) is 7.12. The molecule has 0 saturated heterocycles. The molecular formula is C15H17N3O3. The van der Waals surface area contributed by atoms with Crippen molar-refractivity contribution in [2.24, 2.45) is 0 Å². The predicted octanol–water partition coefficient (Wildman–Crippen LogP) is 3.12. The molecule has 3 rings (SSSR count). The van der Waals surface area contributed by atoms with Gasteiger partial charge < -0.3 is 10.1 Å². The lowest BCUT2D eigenvalue weighted by Gasteiger charge is -2.21. The van der Waals surface area contributed by atoms with Crippen molar-refractivity contribution in [1.82, 2.24) is 4.98 Å². The van der Waals surface area contributed by atoms with E-state index >= 15 is 0 Å². The van der Waals surface area contributed by atoms with Gasteiger partial charge in [-0.15, -0.1) is 0 Å². The lowest BCUT2D eigenvalue weighted by molar-refractivity contribution is -0.383. The molecule has 2 atom stereocenters. The van der Waals surface area contributed by atoms with Gasteiger partial charge in [0.2, 0.25) is 0 Å². The van der Waals surface area contributed by atoms with Crippen LogP contribution in [0.1, 0.15) is 19.3 Å². The molecule has 1 aromatic heterocycles. The van der Waals surface area contributed by atoms with Crippen LogP contribution >= 0.6 is 0 Å². The van der Waals surface area contributed by atoms with E-state index in [0.717, 1.165) is 30.3 Å². The minimum absolute atomic E-state index is 0.0332. The Morgan fingerprint density at radius 3 is 3.00 bits per heavy atom. The van der Waals surface area contributed by atoms with Crippen LogP contribution in [0.4, 0.5) is 11.4 Å². The maximum absolute atomic E-state index is 11.1. The van der Waals surface area contributed by atoms with E-state index in [1.165, 1.54) is 6.07 Å². The number of nitrogens with one attached hydrogen (secondary N) is 1. The highest BCUT2D eigenvalue weighted by Gasteiger charge is 2.27. The van der Waals surface area contributed by atoms with Gasteiger partial charge in [-0.25, -0.2) is 4.98 Å². The van der Waals surface area contributed by atoms with E-state index in [0.29, 0.717) is 5.52 Å². The van der Waals surface area contributed by atoms with Crippen LogP contribution in [-0.2, 0) is 4.74 Å². The summed E-state index contributed by atoms with van der Waals surface area (Å²) >= 11 is 0. The Morgan fingerprint density at radius 1 is 1.38 bits per heavy atom. The number of benzene rings is 1. The van der Waals surface area contributed by atoms with E-state index < -0.39 is 4.92 Å². The Kier molecular flexibility index (Phi) is 3.70. The van der Waals surface area contributed by atoms with Gasteiger partial charge in [0, 0.05) is 30.4 Å². The van der Waals surface area contributed by atoms with Crippen molar-refractivity contribution in [1.29, 1.82) is 0 Å². The number of anilines is 1. The molecule has 1 aromatic carbocycles. The zero-order chi connectivity index (χ0) is 14.8. The molecule has 110 valence electrons. The molecule has 0 radical (unpaired) electrons.